The molecule has 0 aliphatic carbocycles. The third-order valence-corrected chi connectivity index (χ3v) is 9.34. The second-order valence-electron chi connectivity index (χ2n) is 10.8. The van der Waals surface area contributed by atoms with Crippen LogP contribution in [0, 0.1) is 24.6 Å². The van der Waals surface area contributed by atoms with Crippen molar-refractivity contribution >= 4 is 49.8 Å². The van der Waals surface area contributed by atoms with E-state index in [0.717, 1.165) is 28.6 Å². The number of hydrogen-bond donors (Lipinski definition) is 4. The van der Waals surface area contributed by atoms with E-state index in [2.05, 4.69) is 37.3 Å². The number of aromatic carboxylic acids is 1. The number of para-hydroxylation sites is 1. The molecule has 5 aromatic rings. The molecule has 10 nitrogen and oxygen atoms in total. The van der Waals surface area contributed by atoms with Crippen molar-refractivity contribution in [3.8, 4) is 17.6 Å². The fraction of sp³-hybridized carbons (Fsp3) is 0.324. The summed E-state index contributed by atoms with van der Waals surface area (Å²) in [6.45, 7) is 3.56. The Morgan fingerprint density at radius 3 is 2.68 bits per heavy atom. The van der Waals surface area contributed by atoms with Crippen LogP contribution in [0.2, 0.25) is 0 Å². The first-order valence-corrected chi connectivity index (χ1v) is 16.8. The largest absolute Gasteiger partial charge is 0.491 e. The lowest BCUT2D eigenvalue weighted by Crippen LogP contribution is -2.18. The van der Waals surface area contributed by atoms with E-state index in [-0.39, 0.29) is 24.5 Å². The molecule has 0 bridgehead atoms. The quantitative estimate of drug-likeness (QED) is 0.0762. The molecule has 244 valence electrons. The number of carboxylic acids is 1. The fourth-order valence-corrected chi connectivity index (χ4v) is 6.87. The average molecular weight is 676 g/mol. The molecule has 0 saturated carbocycles. The van der Waals surface area contributed by atoms with Gasteiger partial charge in [-0.05, 0) is 74.6 Å². The first-order chi connectivity index (χ1) is 22.7. The Labute approximate surface area is 279 Å². The summed E-state index contributed by atoms with van der Waals surface area (Å²) in [4.78, 5) is 21.7. The van der Waals surface area contributed by atoms with Gasteiger partial charge in [0.1, 0.15) is 5.01 Å². The lowest BCUT2D eigenvalue weighted by Gasteiger charge is -2.17. The molecule has 2 aromatic carbocycles. The van der Waals surface area contributed by atoms with Crippen molar-refractivity contribution in [1.29, 1.82) is 0 Å². The number of unbranched alkanes of at least 4 members (excludes halogenated alkanes) is 1. The molecule has 13 heteroatoms. The lowest BCUT2D eigenvalue weighted by atomic mass is 9.97. The molecule has 2 atom stereocenters. The maximum absolute atomic E-state index is 14.5. The van der Waals surface area contributed by atoms with Crippen LogP contribution in [0.3, 0.4) is 0 Å². The zero-order chi connectivity index (χ0) is 33.3. The fourth-order valence-electron chi connectivity index (χ4n) is 4.78. The number of ether oxygens (including phenoxy) is 1. The van der Waals surface area contributed by atoms with Crippen LogP contribution in [0.5, 0.6) is 5.75 Å². The zero-order valence-corrected chi connectivity index (χ0v) is 27.5. The Bertz CT molecular complexity index is 1880. The van der Waals surface area contributed by atoms with Crippen LogP contribution in [-0.2, 0) is 6.42 Å². The summed E-state index contributed by atoms with van der Waals surface area (Å²) < 4.78 is 21.2. The third kappa shape index (κ3) is 8.66. The number of aliphatic hydroxyl groups excluding tert-OH is 2. The zero-order valence-electron chi connectivity index (χ0n) is 25.9. The number of halogens is 1. The van der Waals surface area contributed by atoms with E-state index in [1.54, 1.807) is 12.1 Å². The summed E-state index contributed by atoms with van der Waals surface area (Å²) in [5, 5.41) is 43.0. The van der Waals surface area contributed by atoms with E-state index in [1.807, 2.05) is 44.2 Å². The van der Waals surface area contributed by atoms with E-state index in [4.69, 9.17) is 4.74 Å². The molecule has 5 rings (SSSR count). The molecule has 3 heterocycles. The van der Waals surface area contributed by atoms with E-state index in [9.17, 15) is 24.5 Å². The van der Waals surface area contributed by atoms with Gasteiger partial charge in [-0.25, -0.2) is 19.2 Å². The average Bonchev–Trinajstić information content (AvgIpc) is 3.68. The summed E-state index contributed by atoms with van der Waals surface area (Å²) in [6.07, 6.45) is 1.37. The topological polar surface area (TPSA) is 151 Å². The van der Waals surface area contributed by atoms with Gasteiger partial charge in [0.2, 0.25) is 0 Å². The molecule has 3 aromatic heterocycles. The Hall–Kier alpha value is -4.48. The summed E-state index contributed by atoms with van der Waals surface area (Å²) in [7, 11) is 0. The Balaban J connectivity index is 1.30. The van der Waals surface area contributed by atoms with Gasteiger partial charge in [-0.3, -0.25) is 0 Å². The van der Waals surface area contributed by atoms with Crippen LogP contribution >= 0.6 is 22.7 Å². The summed E-state index contributed by atoms with van der Waals surface area (Å²) in [5.74, 6) is 4.20. The minimum atomic E-state index is -1.19. The predicted octanol–water partition coefficient (Wildman–Crippen LogP) is 6.47. The number of thiazole rings is 2. The highest BCUT2D eigenvalue weighted by Gasteiger charge is 2.28. The van der Waals surface area contributed by atoms with Crippen molar-refractivity contribution < 1.29 is 29.2 Å². The monoisotopic (exact) mass is 675 g/mol. The normalized spacial score (nSPS) is 12.4. The van der Waals surface area contributed by atoms with Crippen molar-refractivity contribution in [1.82, 2.24) is 20.2 Å². The molecule has 4 N–H and O–H groups in total. The second kappa shape index (κ2) is 15.9. The van der Waals surface area contributed by atoms with Gasteiger partial charge >= 0.3 is 5.97 Å². The minimum Gasteiger partial charge on any atom is -0.491 e. The maximum Gasteiger partial charge on any atom is 0.355 e. The number of nitrogens with one attached hydrogen (secondary N) is 1. The van der Waals surface area contributed by atoms with Crippen LogP contribution in [0.15, 0.2) is 48.5 Å². The van der Waals surface area contributed by atoms with Crippen molar-refractivity contribution in [2.24, 2.45) is 0 Å². The van der Waals surface area contributed by atoms with Crippen molar-refractivity contribution in [3.63, 3.8) is 0 Å². The van der Waals surface area contributed by atoms with Crippen LogP contribution in [0.25, 0.3) is 10.2 Å². The van der Waals surface area contributed by atoms with Gasteiger partial charge < -0.3 is 25.4 Å². The van der Waals surface area contributed by atoms with E-state index in [0.29, 0.717) is 44.9 Å². The molecular weight excluding hydrogens is 642 g/mol. The van der Waals surface area contributed by atoms with Crippen molar-refractivity contribution in [2.45, 2.75) is 58.0 Å². The van der Waals surface area contributed by atoms with Gasteiger partial charge in [-0.2, -0.15) is 5.10 Å². The van der Waals surface area contributed by atoms with Crippen LogP contribution in [-0.4, -0.2) is 60.8 Å². The number of benzene rings is 2. The van der Waals surface area contributed by atoms with E-state index in [1.165, 1.54) is 28.7 Å². The van der Waals surface area contributed by atoms with Gasteiger partial charge in [0, 0.05) is 16.9 Å². The number of aryl methyl sites for hydroxylation is 2. The standard InChI is InChI=1S/C34H34FN5O5S2/c1-3-4-5-9-21-13-14-27(24(35)17-21)45-15-8-12-29-30(33(43)44)37-32(46-29)23(18-22(42)19-41)26-16-20(2)31(40-39-26)38-34-36-25-10-6-7-11-28(25)47-34/h6-7,10-11,13-14,16-17,22-23,41-42H,3-4,8,12,15,18-19H2,1-2H3,(H,43,44)(H,36,38,40). The highest BCUT2D eigenvalue weighted by Crippen LogP contribution is 2.35. The number of fused-ring (bicyclic) bond motifs is 1. The Morgan fingerprint density at radius 1 is 1.13 bits per heavy atom. The summed E-state index contributed by atoms with van der Waals surface area (Å²) in [5.41, 5.74) is 2.58. The van der Waals surface area contributed by atoms with Gasteiger partial charge in [-0.15, -0.1) is 16.4 Å². The van der Waals surface area contributed by atoms with Gasteiger partial charge in [0.15, 0.2) is 28.2 Å². The molecule has 0 aliphatic heterocycles. The Kier molecular flexibility index (Phi) is 11.4. The molecule has 0 radical (unpaired) electrons. The van der Waals surface area contributed by atoms with Gasteiger partial charge in [0.25, 0.3) is 0 Å². The Morgan fingerprint density at radius 2 is 1.96 bits per heavy atom. The van der Waals surface area contributed by atoms with E-state index < -0.39 is 30.4 Å². The lowest BCUT2D eigenvalue weighted by molar-refractivity contribution is 0.0689. The first-order valence-electron chi connectivity index (χ1n) is 15.2. The molecule has 2 unspecified atom stereocenters. The predicted molar refractivity (Wildman–Crippen MR) is 180 cm³/mol. The molecule has 0 fully saturated rings. The number of anilines is 2. The highest BCUT2D eigenvalue weighted by molar-refractivity contribution is 7.22. The molecule has 0 aliphatic rings. The molecule has 0 saturated heterocycles. The minimum absolute atomic E-state index is 0.0580. The maximum atomic E-state index is 14.5. The van der Waals surface area contributed by atoms with Crippen molar-refractivity contribution in [3.05, 3.63) is 86.7 Å². The number of carbonyl (C=O) groups is 1. The third-order valence-electron chi connectivity index (χ3n) is 7.16. The second-order valence-corrected chi connectivity index (χ2v) is 13.0. The number of aliphatic hydroxyl groups is 2. The van der Waals surface area contributed by atoms with Crippen LogP contribution < -0.4 is 10.1 Å². The smallest absolute Gasteiger partial charge is 0.355 e. The first kappa shape index (κ1) is 33.9. The SMILES string of the molecule is CCCC#Cc1ccc(OCCCc2sc(C(CC(O)CO)c3cc(C)c(Nc4nc5ccccc5s4)nn3)nc2C(=O)O)c(F)c1. The van der Waals surface area contributed by atoms with Crippen molar-refractivity contribution in [2.75, 3.05) is 18.5 Å². The molecule has 0 amide bonds. The highest BCUT2D eigenvalue weighted by atomic mass is 32.1. The number of carboxylic acid groups (broad SMARTS) is 1. The molecule has 47 heavy (non-hydrogen) atoms. The number of aromatic nitrogens is 4. The summed E-state index contributed by atoms with van der Waals surface area (Å²) >= 11 is 2.69. The van der Waals surface area contributed by atoms with Crippen LogP contribution in [0.4, 0.5) is 15.3 Å². The van der Waals surface area contributed by atoms with Crippen LogP contribution in [0.1, 0.15) is 75.7 Å². The number of rotatable bonds is 14. The molecular formula is C34H34FN5O5S2. The van der Waals surface area contributed by atoms with E-state index >= 15 is 0 Å². The van der Waals surface area contributed by atoms with Gasteiger partial charge in [-0.1, -0.05) is 42.2 Å². The summed E-state index contributed by atoms with van der Waals surface area (Å²) in [6, 6.07) is 14.2. The van der Waals surface area contributed by atoms with Gasteiger partial charge in [0.05, 0.1) is 41.1 Å². The number of nitrogens with zero attached hydrogens (tertiary/aromatic N) is 4. The number of hydrogen-bond acceptors (Lipinski definition) is 11. The molecule has 0 spiro atoms.